The summed E-state index contributed by atoms with van der Waals surface area (Å²) in [6.07, 6.45) is 4.53. The Morgan fingerprint density at radius 2 is 1.67 bits per heavy atom. The van der Waals surface area contributed by atoms with Crippen LogP contribution in [0.3, 0.4) is 0 Å². The second kappa shape index (κ2) is 12.3. The molecule has 0 fully saturated rings. The molecule has 3 N–H and O–H groups in total. The molecule has 0 aliphatic rings. The van der Waals surface area contributed by atoms with E-state index in [0.29, 0.717) is 6.42 Å². The summed E-state index contributed by atoms with van der Waals surface area (Å²) in [7, 11) is 1.18. The summed E-state index contributed by atoms with van der Waals surface area (Å²) in [4.78, 5) is 46.1. The van der Waals surface area contributed by atoms with Crippen LogP contribution in [-0.2, 0) is 23.9 Å². The number of esters is 1. The number of carboxylic acid groups (broad SMARTS) is 1. The van der Waals surface area contributed by atoms with Gasteiger partial charge in [-0.05, 0) is 13.3 Å². The van der Waals surface area contributed by atoms with Gasteiger partial charge in [-0.3, -0.25) is 14.4 Å². The van der Waals surface area contributed by atoms with Crippen molar-refractivity contribution in [2.45, 2.75) is 70.9 Å². The first-order valence-electron chi connectivity index (χ1n) is 8.21. The molecule has 0 rings (SSSR count). The Balaban J connectivity index is 4.48. The van der Waals surface area contributed by atoms with Gasteiger partial charge >= 0.3 is 11.9 Å². The van der Waals surface area contributed by atoms with E-state index in [9.17, 15) is 19.2 Å². The van der Waals surface area contributed by atoms with Crippen molar-refractivity contribution >= 4 is 23.8 Å². The van der Waals surface area contributed by atoms with Crippen LogP contribution < -0.4 is 10.6 Å². The smallest absolute Gasteiger partial charge is 0.328 e. The zero-order valence-corrected chi connectivity index (χ0v) is 14.6. The molecule has 0 saturated carbocycles. The van der Waals surface area contributed by atoms with Gasteiger partial charge in [-0.15, -0.1) is 0 Å². The molecule has 0 radical (unpaired) electrons. The van der Waals surface area contributed by atoms with Crippen LogP contribution in [0.4, 0.5) is 0 Å². The van der Waals surface area contributed by atoms with E-state index in [4.69, 9.17) is 5.11 Å². The van der Waals surface area contributed by atoms with E-state index in [1.54, 1.807) is 0 Å². The summed E-state index contributed by atoms with van der Waals surface area (Å²) in [5.74, 6) is -2.97. The van der Waals surface area contributed by atoms with Crippen LogP contribution in [0.2, 0.25) is 0 Å². The minimum atomic E-state index is -1.22. The fourth-order valence-electron chi connectivity index (χ4n) is 2.09. The Hall–Kier alpha value is -2.12. The number of carbonyl (C=O) groups excluding carboxylic acids is 3. The monoisotopic (exact) mass is 344 g/mol. The topological polar surface area (TPSA) is 122 Å². The van der Waals surface area contributed by atoms with Crippen LogP contribution in [-0.4, -0.2) is 48.1 Å². The maximum Gasteiger partial charge on any atom is 0.328 e. The first-order valence-corrected chi connectivity index (χ1v) is 8.21. The lowest BCUT2D eigenvalue weighted by Gasteiger charge is -2.19. The molecule has 8 nitrogen and oxygen atoms in total. The van der Waals surface area contributed by atoms with Crippen molar-refractivity contribution in [1.82, 2.24) is 10.6 Å². The molecule has 2 amide bonds. The Labute approximate surface area is 142 Å². The van der Waals surface area contributed by atoms with Crippen LogP contribution in [0, 0.1) is 0 Å². The third-order valence-electron chi connectivity index (χ3n) is 3.45. The van der Waals surface area contributed by atoms with Gasteiger partial charge in [0.15, 0.2) is 0 Å². The highest BCUT2D eigenvalue weighted by Gasteiger charge is 2.26. The fourth-order valence-corrected chi connectivity index (χ4v) is 2.09. The molecule has 0 heterocycles. The van der Waals surface area contributed by atoms with E-state index in [2.05, 4.69) is 22.3 Å². The second-order valence-electron chi connectivity index (χ2n) is 5.64. The fraction of sp³-hybridized carbons (Fsp3) is 0.750. The van der Waals surface area contributed by atoms with Gasteiger partial charge in [-0.2, -0.15) is 0 Å². The minimum absolute atomic E-state index is 0.236. The highest BCUT2D eigenvalue weighted by molar-refractivity contribution is 5.92. The molecule has 0 aliphatic carbocycles. The standard InChI is InChI=1S/C16H28N2O6/c1-4-5-6-7-8-9-13(19)18-12(10-14(20)21)15(22)17-11(2)16(23)24-3/h11-12H,4-10H2,1-3H3,(H,17,22)(H,18,19)(H,20,21). The van der Waals surface area contributed by atoms with Crippen LogP contribution in [0.15, 0.2) is 0 Å². The summed E-state index contributed by atoms with van der Waals surface area (Å²) in [5, 5.41) is 13.6. The van der Waals surface area contributed by atoms with Crippen molar-refractivity contribution in [2.75, 3.05) is 7.11 Å². The summed E-state index contributed by atoms with van der Waals surface area (Å²) >= 11 is 0. The SMILES string of the molecule is CCCCCCCC(=O)NC(CC(=O)O)C(=O)NC(C)C(=O)OC. The minimum Gasteiger partial charge on any atom is -0.481 e. The number of carboxylic acids is 1. The first kappa shape index (κ1) is 21.9. The lowest BCUT2D eigenvalue weighted by Crippen LogP contribution is -2.51. The van der Waals surface area contributed by atoms with E-state index in [1.165, 1.54) is 14.0 Å². The zero-order valence-electron chi connectivity index (χ0n) is 14.6. The third kappa shape index (κ3) is 9.81. The van der Waals surface area contributed by atoms with Crippen molar-refractivity contribution in [1.29, 1.82) is 0 Å². The predicted molar refractivity (Wildman–Crippen MR) is 87.2 cm³/mol. The van der Waals surface area contributed by atoms with Crippen molar-refractivity contribution in [3.05, 3.63) is 0 Å². The van der Waals surface area contributed by atoms with Crippen molar-refractivity contribution in [2.24, 2.45) is 0 Å². The number of carbonyl (C=O) groups is 4. The number of ether oxygens (including phenoxy) is 1. The first-order chi connectivity index (χ1) is 11.3. The molecule has 0 aromatic carbocycles. The summed E-state index contributed by atoms with van der Waals surface area (Å²) in [6.45, 7) is 3.51. The average Bonchev–Trinajstić information content (AvgIpc) is 2.52. The number of hydrogen-bond donors (Lipinski definition) is 3. The normalized spacial score (nSPS) is 12.8. The van der Waals surface area contributed by atoms with Gasteiger partial charge in [0.2, 0.25) is 11.8 Å². The molecular formula is C16H28N2O6. The number of nitrogens with one attached hydrogen (secondary N) is 2. The highest BCUT2D eigenvalue weighted by atomic mass is 16.5. The van der Waals surface area contributed by atoms with Crippen LogP contribution in [0.1, 0.15) is 58.8 Å². The Morgan fingerprint density at radius 1 is 1.04 bits per heavy atom. The Bertz CT molecular complexity index is 438. The van der Waals surface area contributed by atoms with Crippen LogP contribution in [0.5, 0.6) is 0 Å². The van der Waals surface area contributed by atoms with Gasteiger partial charge in [0.25, 0.3) is 0 Å². The van der Waals surface area contributed by atoms with Gasteiger partial charge in [0.05, 0.1) is 13.5 Å². The molecule has 24 heavy (non-hydrogen) atoms. The number of rotatable bonds is 12. The van der Waals surface area contributed by atoms with E-state index in [-0.39, 0.29) is 12.3 Å². The maximum absolute atomic E-state index is 12.1. The second-order valence-corrected chi connectivity index (χ2v) is 5.64. The molecule has 138 valence electrons. The Morgan fingerprint density at radius 3 is 2.21 bits per heavy atom. The number of amides is 2. The molecule has 0 aromatic heterocycles. The maximum atomic E-state index is 12.1. The lowest BCUT2D eigenvalue weighted by molar-refractivity contribution is -0.145. The number of aliphatic carboxylic acids is 1. The quantitative estimate of drug-likeness (QED) is 0.358. The largest absolute Gasteiger partial charge is 0.481 e. The van der Waals surface area contributed by atoms with E-state index in [1.807, 2.05) is 0 Å². The van der Waals surface area contributed by atoms with E-state index in [0.717, 1.165) is 25.7 Å². The zero-order chi connectivity index (χ0) is 18.5. The molecule has 0 bridgehead atoms. The molecular weight excluding hydrogens is 316 g/mol. The summed E-state index contributed by atoms with van der Waals surface area (Å²) in [5.41, 5.74) is 0. The lowest BCUT2D eigenvalue weighted by atomic mass is 10.1. The van der Waals surface area contributed by atoms with E-state index >= 15 is 0 Å². The van der Waals surface area contributed by atoms with E-state index < -0.39 is 36.4 Å². The summed E-state index contributed by atoms with van der Waals surface area (Å²) in [6, 6.07) is -2.15. The van der Waals surface area contributed by atoms with Crippen LogP contribution >= 0.6 is 0 Å². The molecule has 2 unspecified atom stereocenters. The molecule has 0 aliphatic heterocycles. The number of hydrogen-bond acceptors (Lipinski definition) is 5. The summed E-state index contributed by atoms with van der Waals surface area (Å²) < 4.78 is 4.48. The van der Waals surface area contributed by atoms with Crippen molar-refractivity contribution in [3.8, 4) is 0 Å². The average molecular weight is 344 g/mol. The van der Waals surface area contributed by atoms with Crippen LogP contribution in [0.25, 0.3) is 0 Å². The molecule has 8 heteroatoms. The van der Waals surface area contributed by atoms with Gasteiger partial charge in [-0.25, -0.2) is 4.79 Å². The Kier molecular flexibility index (Phi) is 11.2. The number of methoxy groups -OCH3 is 1. The molecule has 0 saturated heterocycles. The molecule has 0 spiro atoms. The van der Waals surface area contributed by atoms with Gasteiger partial charge < -0.3 is 20.5 Å². The predicted octanol–water partition coefficient (Wildman–Crippen LogP) is 0.984. The van der Waals surface area contributed by atoms with Gasteiger partial charge in [0, 0.05) is 6.42 Å². The molecule has 2 atom stereocenters. The number of unbranched alkanes of at least 4 members (excludes halogenated alkanes) is 4. The van der Waals surface area contributed by atoms with Gasteiger partial charge in [-0.1, -0.05) is 32.6 Å². The van der Waals surface area contributed by atoms with Gasteiger partial charge in [0.1, 0.15) is 12.1 Å². The molecule has 0 aromatic rings. The third-order valence-corrected chi connectivity index (χ3v) is 3.45. The highest BCUT2D eigenvalue weighted by Crippen LogP contribution is 2.05. The van der Waals surface area contributed by atoms with Crippen molar-refractivity contribution < 1.29 is 29.0 Å². The van der Waals surface area contributed by atoms with Crippen molar-refractivity contribution in [3.63, 3.8) is 0 Å².